The van der Waals surface area contributed by atoms with Crippen molar-refractivity contribution < 1.29 is 19.8 Å². The summed E-state index contributed by atoms with van der Waals surface area (Å²) in [4.78, 5) is 23.0. The normalized spacial score (nSPS) is 12.2. The van der Waals surface area contributed by atoms with Gasteiger partial charge in [-0.05, 0) is 30.5 Å². The molecule has 104 valence electrons. The monoisotopic (exact) mass is 329 g/mol. The van der Waals surface area contributed by atoms with Crippen molar-refractivity contribution >= 4 is 27.8 Å². The molecule has 1 atom stereocenters. The van der Waals surface area contributed by atoms with Crippen molar-refractivity contribution in [1.82, 2.24) is 5.32 Å². The van der Waals surface area contributed by atoms with Crippen LogP contribution in [-0.4, -0.2) is 28.1 Å². The Hall–Kier alpha value is -1.56. The van der Waals surface area contributed by atoms with Gasteiger partial charge in [0.25, 0.3) is 5.91 Å². The molecule has 0 fully saturated rings. The Bertz CT molecular complexity index is 488. The molecule has 0 bridgehead atoms. The molecule has 1 amide bonds. The summed E-state index contributed by atoms with van der Waals surface area (Å²) in [5.41, 5.74) is 0.0457. The lowest BCUT2D eigenvalue weighted by atomic mass is 10.0. The van der Waals surface area contributed by atoms with Gasteiger partial charge in [0.2, 0.25) is 0 Å². The number of nitrogens with one attached hydrogen (secondary N) is 1. The van der Waals surface area contributed by atoms with Crippen LogP contribution in [0, 0.1) is 5.92 Å². The first-order chi connectivity index (χ1) is 8.81. The standard InChI is InChI=1S/C13H16BrNO4/c1-7(2)5-10(13(18)19)15-12(17)9-6-8(14)3-4-11(9)16/h3-4,6-7,10,16H,5H2,1-2H3,(H,15,17)(H,18,19)/t10-/m0/s1. The minimum Gasteiger partial charge on any atom is -0.507 e. The van der Waals surface area contributed by atoms with Crippen molar-refractivity contribution in [1.29, 1.82) is 0 Å². The molecule has 0 aromatic heterocycles. The van der Waals surface area contributed by atoms with Crippen LogP contribution in [0.1, 0.15) is 30.6 Å². The fourth-order valence-electron chi connectivity index (χ4n) is 1.62. The Kier molecular flexibility index (Phi) is 5.35. The average Bonchev–Trinajstić information content (AvgIpc) is 2.30. The molecule has 3 N–H and O–H groups in total. The highest BCUT2D eigenvalue weighted by molar-refractivity contribution is 9.10. The Labute approximate surface area is 119 Å². The second-order valence-electron chi connectivity index (χ2n) is 4.66. The smallest absolute Gasteiger partial charge is 0.326 e. The van der Waals surface area contributed by atoms with Gasteiger partial charge in [-0.15, -0.1) is 0 Å². The van der Waals surface area contributed by atoms with E-state index in [1.165, 1.54) is 12.1 Å². The molecule has 1 rings (SSSR count). The molecule has 1 aromatic rings. The lowest BCUT2D eigenvalue weighted by Crippen LogP contribution is -2.41. The Morgan fingerprint density at radius 1 is 1.37 bits per heavy atom. The molecule has 19 heavy (non-hydrogen) atoms. The number of hydrogen-bond acceptors (Lipinski definition) is 3. The maximum atomic E-state index is 12.0. The molecule has 0 saturated heterocycles. The summed E-state index contributed by atoms with van der Waals surface area (Å²) in [6.45, 7) is 3.75. The number of halogens is 1. The molecule has 1 aromatic carbocycles. The molecule has 0 aliphatic heterocycles. The number of rotatable bonds is 5. The van der Waals surface area contributed by atoms with E-state index in [0.717, 1.165) is 0 Å². The number of carboxylic acids is 1. The van der Waals surface area contributed by atoms with Crippen molar-refractivity contribution in [3.05, 3.63) is 28.2 Å². The van der Waals surface area contributed by atoms with Crippen LogP contribution in [0.5, 0.6) is 5.75 Å². The van der Waals surface area contributed by atoms with Crippen LogP contribution in [0.4, 0.5) is 0 Å². The molecule has 5 nitrogen and oxygen atoms in total. The van der Waals surface area contributed by atoms with Gasteiger partial charge in [0.1, 0.15) is 11.8 Å². The number of aromatic hydroxyl groups is 1. The summed E-state index contributed by atoms with van der Waals surface area (Å²) >= 11 is 3.19. The van der Waals surface area contributed by atoms with Crippen LogP contribution in [0.2, 0.25) is 0 Å². The molecule has 0 spiro atoms. The van der Waals surface area contributed by atoms with Gasteiger partial charge in [-0.25, -0.2) is 4.79 Å². The van der Waals surface area contributed by atoms with E-state index < -0.39 is 17.9 Å². The molecule has 0 unspecified atom stereocenters. The number of benzene rings is 1. The van der Waals surface area contributed by atoms with E-state index in [-0.39, 0.29) is 17.2 Å². The minimum atomic E-state index is -1.09. The zero-order valence-electron chi connectivity index (χ0n) is 10.7. The molecule has 0 saturated carbocycles. The van der Waals surface area contributed by atoms with Crippen molar-refractivity contribution in [2.75, 3.05) is 0 Å². The van der Waals surface area contributed by atoms with Gasteiger partial charge in [0.15, 0.2) is 0 Å². The quantitative estimate of drug-likeness (QED) is 0.774. The van der Waals surface area contributed by atoms with Crippen LogP contribution in [0.3, 0.4) is 0 Å². The van der Waals surface area contributed by atoms with Gasteiger partial charge < -0.3 is 15.5 Å². The fraction of sp³-hybridized carbons (Fsp3) is 0.385. The van der Waals surface area contributed by atoms with Crippen molar-refractivity contribution in [2.24, 2.45) is 5.92 Å². The summed E-state index contributed by atoms with van der Waals surface area (Å²) in [5.74, 6) is -1.74. The molecule has 0 radical (unpaired) electrons. The highest BCUT2D eigenvalue weighted by atomic mass is 79.9. The predicted molar refractivity (Wildman–Crippen MR) is 74.2 cm³/mol. The average molecular weight is 330 g/mol. The number of carboxylic acid groups (broad SMARTS) is 1. The summed E-state index contributed by atoms with van der Waals surface area (Å²) in [6.07, 6.45) is 0.329. The molecule has 0 aliphatic carbocycles. The van der Waals surface area contributed by atoms with Crippen LogP contribution in [0.25, 0.3) is 0 Å². The van der Waals surface area contributed by atoms with Crippen LogP contribution >= 0.6 is 15.9 Å². The van der Waals surface area contributed by atoms with Crippen molar-refractivity contribution in [3.63, 3.8) is 0 Å². The number of carbonyl (C=O) groups excluding carboxylic acids is 1. The highest BCUT2D eigenvalue weighted by Crippen LogP contribution is 2.22. The number of phenolic OH excluding ortho intramolecular Hbond substituents is 1. The zero-order chi connectivity index (χ0) is 14.6. The van der Waals surface area contributed by atoms with Gasteiger partial charge in [0, 0.05) is 4.47 Å². The molecule has 6 heteroatoms. The molecule has 0 aliphatic rings. The fourth-order valence-corrected chi connectivity index (χ4v) is 1.98. The second kappa shape index (κ2) is 6.56. The Morgan fingerprint density at radius 3 is 2.53 bits per heavy atom. The van der Waals surface area contributed by atoms with Crippen molar-refractivity contribution in [3.8, 4) is 5.75 Å². The van der Waals surface area contributed by atoms with Crippen LogP contribution in [-0.2, 0) is 4.79 Å². The van der Waals surface area contributed by atoms with Crippen LogP contribution in [0.15, 0.2) is 22.7 Å². The Morgan fingerprint density at radius 2 is 2.00 bits per heavy atom. The van der Waals surface area contributed by atoms with Gasteiger partial charge in [-0.3, -0.25) is 4.79 Å². The molecular formula is C13H16BrNO4. The van der Waals surface area contributed by atoms with E-state index in [1.54, 1.807) is 6.07 Å². The minimum absolute atomic E-state index is 0.0457. The molecular weight excluding hydrogens is 314 g/mol. The summed E-state index contributed by atoms with van der Waals surface area (Å²) < 4.78 is 0.631. The Balaban J connectivity index is 2.87. The maximum absolute atomic E-state index is 12.0. The first kappa shape index (κ1) is 15.5. The van der Waals surface area contributed by atoms with Gasteiger partial charge in [-0.2, -0.15) is 0 Å². The zero-order valence-corrected chi connectivity index (χ0v) is 12.3. The largest absolute Gasteiger partial charge is 0.507 e. The number of phenols is 1. The second-order valence-corrected chi connectivity index (χ2v) is 5.57. The lowest BCUT2D eigenvalue weighted by Gasteiger charge is -2.16. The predicted octanol–water partition coefficient (Wildman–Crippen LogP) is 2.38. The van der Waals surface area contributed by atoms with Gasteiger partial charge >= 0.3 is 5.97 Å². The first-order valence-corrected chi connectivity index (χ1v) is 6.62. The topological polar surface area (TPSA) is 86.6 Å². The summed E-state index contributed by atoms with van der Waals surface area (Å²) in [5, 5.41) is 21.1. The number of carbonyl (C=O) groups is 2. The highest BCUT2D eigenvalue weighted by Gasteiger charge is 2.23. The lowest BCUT2D eigenvalue weighted by molar-refractivity contribution is -0.139. The number of aliphatic carboxylic acids is 1. The van der Waals surface area contributed by atoms with Crippen LogP contribution < -0.4 is 5.32 Å². The molecule has 0 heterocycles. The van der Waals surface area contributed by atoms with E-state index in [1.807, 2.05) is 13.8 Å². The van der Waals surface area contributed by atoms with E-state index in [4.69, 9.17) is 5.11 Å². The van der Waals surface area contributed by atoms with E-state index in [0.29, 0.717) is 10.9 Å². The van der Waals surface area contributed by atoms with E-state index in [2.05, 4.69) is 21.2 Å². The van der Waals surface area contributed by atoms with E-state index >= 15 is 0 Å². The van der Waals surface area contributed by atoms with Gasteiger partial charge in [0.05, 0.1) is 5.56 Å². The summed E-state index contributed by atoms with van der Waals surface area (Å²) in [7, 11) is 0. The maximum Gasteiger partial charge on any atom is 0.326 e. The van der Waals surface area contributed by atoms with Gasteiger partial charge in [-0.1, -0.05) is 29.8 Å². The van der Waals surface area contributed by atoms with E-state index in [9.17, 15) is 14.7 Å². The third kappa shape index (κ3) is 4.55. The number of hydrogen-bond donors (Lipinski definition) is 3. The summed E-state index contributed by atoms with van der Waals surface area (Å²) in [6, 6.07) is 3.44. The third-order valence-corrected chi connectivity index (χ3v) is 3.01. The number of amides is 1. The first-order valence-electron chi connectivity index (χ1n) is 5.83. The van der Waals surface area contributed by atoms with Crippen molar-refractivity contribution in [2.45, 2.75) is 26.3 Å². The third-order valence-electron chi connectivity index (χ3n) is 2.51. The SMILES string of the molecule is CC(C)C[C@H](NC(=O)c1cc(Br)ccc1O)C(=O)O.